The molecule has 0 aliphatic rings. The number of carbonyl (C=O) groups excluding carboxylic acids is 2. The standard InChI is InChI=1S/C34H46N2O4/c1-5-6-7-8-9-13-16-32(37)35(20-19-26(2)3)24-33(38)36(22-28-14-11-10-12-15-28)23-29-25-40-31-18-17-27(4)21-30(31)34(29)39/h10-12,14-15,17-18,21,25-26H,5-9,13,16,19-20,22-24H2,1-4H3. The molecule has 2 aromatic carbocycles. The minimum atomic E-state index is -0.173. The predicted molar refractivity (Wildman–Crippen MR) is 162 cm³/mol. The molecular weight excluding hydrogens is 500 g/mol. The van der Waals surface area contributed by atoms with Crippen LogP contribution in [0.5, 0.6) is 0 Å². The van der Waals surface area contributed by atoms with Crippen LogP contribution < -0.4 is 5.43 Å². The number of benzene rings is 2. The van der Waals surface area contributed by atoms with E-state index < -0.39 is 0 Å². The summed E-state index contributed by atoms with van der Waals surface area (Å²) in [5.74, 6) is 0.281. The number of unbranched alkanes of at least 4 members (excludes halogenated alkanes) is 5. The molecule has 1 heterocycles. The summed E-state index contributed by atoms with van der Waals surface area (Å²) in [6.45, 7) is 9.40. The summed E-state index contributed by atoms with van der Waals surface area (Å²) in [4.78, 5) is 43.8. The van der Waals surface area contributed by atoms with E-state index in [-0.39, 0.29) is 30.3 Å². The lowest BCUT2D eigenvalue weighted by atomic mass is 10.1. The van der Waals surface area contributed by atoms with Gasteiger partial charge in [-0.25, -0.2) is 0 Å². The van der Waals surface area contributed by atoms with E-state index in [0.29, 0.717) is 42.0 Å². The second kappa shape index (κ2) is 16.0. The Morgan fingerprint density at radius 3 is 2.33 bits per heavy atom. The monoisotopic (exact) mass is 546 g/mol. The second-order valence-electron chi connectivity index (χ2n) is 11.3. The van der Waals surface area contributed by atoms with Gasteiger partial charge in [0, 0.05) is 19.5 Å². The van der Waals surface area contributed by atoms with E-state index in [0.717, 1.165) is 36.8 Å². The third-order valence-electron chi connectivity index (χ3n) is 7.33. The normalized spacial score (nSPS) is 11.2. The fraction of sp³-hybridized carbons (Fsp3) is 0.500. The molecule has 3 rings (SSSR count). The number of hydrogen-bond donors (Lipinski definition) is 0. The van der Waals surface area contributed by atoms with Crippen molar-refractivity contribution in [3.8, 4) is 0 Å². The zero-order valence-electron chi connectivity index (χ0n) is 24.8. The summed E-state index contributed by atoms with van der Waals surface area (Å²) in [5.41, 5.74) is 2.75. The van der Waals surface area contributed by atoms with E-state index in [1.807, 2.05) is 49.4 Å². The van der Waals surface area contributed by atoms with E-state index in [4.69, 9.17) is 4.42 Å². The molecule has 216 valence electrons. The molecule has 6 heteroatoms. The topological polar surface area (TPSA) is 70.8 Å². The van der Waals surface area contributed by atoms with Crippen molar-refractivity contribution in [2.24, 2.45) is 5.92 Å². The van der Waals surface area contributed by atoms with Crippen molar-refractivity contribution >= 4 is 22.8 Å². The lowest BCUT2D eigenvalue weighted by Gasteiger charge is -2.28. The molecule has 0 atom stereocenters. The molecule has 0 saturated carbocycles. The van der Waals surface area contributed by atoms with Gasteiger partial charge in [-0.15, -0.1) is 0 Å². The average molecular weight is 547 g/mol. The smallest absolute Gasteiger partial charge is 0.242 e. The first-order valence-corrected chi connectivity index (χ1v) is 14.9. The minimum absolute atomic E-state index is 0.00619. The highest BCUT2D eigenvalue weighted by Gasteiger charge is 2.23. The molecule has 0 unspecified atom stereocenters. The van der Waals surface area contributed by atoms with Crippen molar-refractivity contribution in [1.82, 2.24) is 9.80 Å². The van der Waals surface area contributed by atoms with E-state index in [9.17, 15) is 14.4 Å². The SMILES string of the molecule is CCCCCCCCC(=O)N(CCC(C)C)CC(=O)N(Cc1ccccc1)Cc1coc2ccc(C)cc2c1=O. The second-order valence-corrected chi connectivity index (χ2v) is 11.3. The van der Waals surface area contributed by atoms with Crippen molar-refractivity contribution in [2.45, 2.75) is 92.2 Å². The van der Waals surface area contributed by atoms with Gasteiger partial charge >= 0.3 is 0 Å². The molecule has 40 heavy (non-hydrogen) atoms. The average Bonchev–Trinajstić information content (AvgIpc) is 2.94. The maximum atomic E-state index is 13.8. The number of rotatable bonds is 16. The third-order valence-corrected chi connectivity index (χ3v) is 7.33. The van der Waals surface area contributed by atoms with Crippen LogP contribution in [0, 0.1) is 12.8 Å². The van der Waals surface area contributed by atoms with Gasteiger partial charge in [0.1, 0.15) is 5.58 Å². The first-order valence-electron chi connectivity index (χ1n) is 14.9. The van der Waals surface area contributed by atoms with Gasteiger partial charge in [-0.3, -0.25) is 14.4 Å². The van der Waals surface area contributed by atoms with Gasteiger partial charge in [0.25, 0.3) is 0 Å². The third kappa shape index (κ3) is 9.65. The van der Waals surface area contributed by atoms with Crippen molar-refractivity contribution in [3.63, 3.8) is 0 Å². The Morgan fingerprint density at radius 1 is 0.875 bits per heavy atom. The van der Waals surface area contributed by atoms with E-state index in [2.05, 4.69) is 20.8 Å². The van der Waals surface area contributed by atoms with Gasteiger partial charge in [-0.2, -0.15) is 0 Å². The summed E-state index contributed by atoms with van der Waals surface area (Å²) in [6, 6.07) is 15.3. The Bertz CT molecular complexity index is 1280. The first kappa shape index (κ1) is 31.1. The molecule has 0 saturated heterocycles. The van der Waals surface area contributed by atoms with Crippen molar-refractivity contribution < 1.29 is 14.0 Å². The molecule has 0 aliphatic heterocycles. The molecule has 2 amide bonds. The number of aryl methyl sites for hydroxylation is 1. The highest BCUT2D eigenvalue weighted by atomic mass is 16.3. The van der Waals surface area contributed by atoms with Crippen LogP contribution in [-0.4, -0.2) is 34.7 Å². The number of amides is 2. The van der Waals surface area contributed by atoms with Crippen LogP contribution in [-0.2, 0) is 22.7 Å². The maximum absolute atomic E-state index is 13.8. The predicted octanol–water partition coefficient (Wildman–Crippen LogP) is 7.26. The largest absolute Gasteiger partial charge is 0.464 e. The molecular formula is C34H46N2O4. The van der Waals surface area contributed by atoms with Crippen LogP contribution >= 0.6 is 0 Å². The Kier molecular flexibility index (Phi) is 12.4. The molecule has 0 spiro atoms. The lowest BCUT2D eigenvalue weighted by Crippen LogP contribution is -2.43. The van der Waals surface area contributed by atoms with Gasteiger partial charge in [-0.1, -0.05) is 94.8 Å². The van der Waals surface area contributed by atoms with Gasteiger partial charge in [0.05, 0.1) is 30.3 Å². The molecule has 0 N–H and O–H groups in total. The Labute approximate surface area is 239 Å². The van der Waals surface area contributed by atoms with Gasteiger partial charge in [-0.05, 0) is 43.4 Å². The van der Waals surface area contributed by atoms with Gasteiger partial charge < -0.3 is 14.2 Å². The molecule has 6 nitrogen and oxygen atoms in total. The summed E-state index contributed by atoms with van der Waals surface area (Å²) in [7, 11) is 0. The minimum Gasteiger partial charge on any atom is -0.464 e. The molecule has 0 aliphatic carbocycles. The highest BCUT2D eigenvalue weighted by molar-refractivity contribution is 5.85. The van der Waals surface area contributed by atoms with E-state index >= 15 is 0 Å². The maximum Gasteiger partial charge on any atom is 0.242 e. The summed E-state index contributed by atoms with van der Waals surface area (Å²) in [5, 5.41) is 0.511. The Balaban J connectivity index is 1.79. The fourth-order valence-corrected chi connectivity index (χ4v) is 4.82. The number of nitrogens with zero attached hydrogens (tertiary/aromatic N) is 2. The Morgan fingerprint density at radius 2 is 1.60 bits per heavy atom. The van der Waals surface area contributed by atoms with Crippen LogP contribution in [0.15, 0.2) is 64.0 Å². The Hall–Kier alpha value is -3.41. The van der Waals surface area contributed by atoms with Crippen LogP contribution in [0.4, 0.5) is 0 Å². The zero-order valence-corrected chi connectivity index (χ0v) is 24.8. The molecule has 0 radical (unpaired) electrons. The van der Waals surface area contributed by atoms with Crippen molar-refractivity contribution in [2.75, 3.05) is 13.1 Å². The van der Waals surface area contributed by atoms with E-state index in [1.54, 1.807) is 15.9 Å². The molecule has 1 aromatic heterocycles. The van der Waals surface area contributed by atoms with Crippen LogP contribution in [0.2, 0.25) is 0 Å². The lowest BCUT2D eigenvalue weighted by molar-refractivity contribution is -0.141. The first-order chi connectivity index (χ1) is 19.3. The zero-order chi connectivity index (χ0) is 28.9. The van der Waals surface area contributed by atoms with Crippen molar-refractivity contribution in [3.05, 3.63) is 81.7 Å². The number of carbonyl (C=O) groups is 2. The highest BCUT2D eigenvalue weighted by Crippen LogP contribution is 2.17. The number of hydrogen-bond acceptors (Lipinski definition) is 4. The quantitative estimate of drug-likeness (QED) is 0.177. The molecule has 3 aromatic rings. The molecule has 0 bridgehead atoms. The fourth-order valence-electron chi connectivity index (χ4n) is 4.82. The van der Waals surface area contributed by atoms with Crippen LogP contribution in [0.1, 0.15) is 88.8 Å². The van der Waals surface area contributed by atoms with Crippen LogP contribution in [0.3, 0.4) is 0 Å². The van der Waals surface area contributed by atoms with Crippen molar-refractivity contribution in [1.29, 1.82) is 0 Å². The molecule has 0 fully saturated rings. The van der Waals surface area contributed by atoms with Gasteiger partial charge in [0.2, 0.25) is 11.8 Å². The van der Waals surface area contributed by atoms with Crippen LogP contribution in [0.25, 0.3) is 11.0 Å². The summed E-state index contributed by atoms with van der Waals surface area (Å²) in [6.07, 6.45) is 9.42. The van der Waals surface area contributed by atoms with Gasteiger partial charge in [0.15, 0.2) is 5.43 Å². The van der Waals surface area contributed by atoms with E-state index in [1.165, 1.54) is 25.5 Å². The summed E-state index contributed by atoms with van der Waals surface area (Å²) < 4.78 is 5.77. The number of fused-ring (bicyclic) bond motifs is 1. The summed E-state index contributed by atoms with van der Waals surface area (Å²) >= 11 is 0.